The lowest BCUT2D eigenvalue weighted by Crippen LogP contribution is -2.19. The van der Waals surface area contributed by atoms with Gasteiger partial charge >= 0.3 is 0 Å². The van der Waals surface area contributed by atoms with Crippen LogP contribution < -0.4 is 4.72 Å². The fourth-order valence-corrected chi connectivity index (χ4v) is 4.26. The zero-order chi connectivity index (χ0) is 21.3. The number of nitrogens with zero attached hydrogens (tertiary/aromatic N) is 1. The van der Waals surface area contributed by atoms with E-state index in [0.29, 0.717) is 11.4 Å². The lowest BCUT2D eigenvalue weighted by molar-refractivity contribution is 0.588. The highest BCUT2D eigenvalue weighted by molar-refractivity contribution is 7.89. The monoisotopic (exact) mass is 441 g/mol. The third kappa shape index (κ3) is 4.00. The predicted octanol–water partition coefficient (Wildman–Crippen LogP) is 5.10. The Labute approximate surface area is 178 Å². The van der Waals surface area contributed by atoms with Crippen LogP contribution in [0.2, 0.25) is 5.02 Å². The molecule has 3 aromatic carbocycles. The van der Waals surface area contributed by atoms with Gasteiger partial charge in [0.25, 0.3) is 0 Å². The molecule has 0 unspecified atom stereocenters. The highest BCUT2D eigenvalue weighted by Gasteiger charge is 2.17. The van der Waals surface area contributed by atoms with Crippen LogP contribution in [0.25, 0.3) is 34.3 Å². The molecule has 0 saturated carbocycles. The molecule has 0 aliphatic carbocycles. The molecule has 0 atom stereocenters. The molecule has 0 fully saturated rings. The summed E-state index contributed by atoms with van der Waals surface area (Å²) in [6.45, 7) is 0. The predicted molar refractivity (Wildman–Crippen MR) is 118 cm³/mol. The van der Waals surface area contributed by atoms with Crippen molar-refractivity contribution < 1.29 is 12.8 Å². The van der Waals surface area contributed by atoms with Gasteiger partial charge in [0.1, 0.15) is 11.6 Å². The van der Waals surface area contributed by atoms with Crippen LogP contribution in [0.15, 0.2) is 65.6 Å². The molecule has 0 aliphatic heterocycles. The topological polar surface area (TPSA) is 74.8 Å². The summed E-state index contributed by atoms with van der Waals surface area (Å²) in [7, 11) is -2.21. The molecule has 8 heteroatoms. The van der Waals surface area contributed by atoms with Gasteiger partial charge in [-0.15, -0.1) is 0 Å². The second kappa shape index (κ2) is 8.02. The second-order valence-corrected chi connectivity index (χ2v) is 8.83. The summed E-state index contributed by atoms with van der Waals surface area (Å²) in [5.41, 5.74) is 3.60. The van der Waals surface area contributed by atoms with Crippen molar-refractivity contribution in [1.82, 2.24) is 14.7 Å². The van der Waals surface area contributed by atoms with Crippen LogP contribution in [-0.4, -0.2) is 25.4 Å². The Hall–Kier alpha value is -3.00. The summed E-state index contributed by atoms with van der Waals surface area (Å²) in [6.07, 6.45) is 3.54. The number of hydrogen-bond donors (Lipinski definition) is 2. The van der Waals surface area contributed by atoms with E-state index in [1.807, 2.05) is 18.2 Å². The van der Waals surface area contributed by atoms with E-state index < -0.39 is 15.8 Å². The molecule has 5 nitrogen and oxygen atoms in total. The Morgan fingerprint density at radius 3 is 2.63 bits per heavy atom. The summed E-state index contributed by atoms with van der Waals surface area (Å²) in [5.74, 6) is 0.143. The molecule has 4 aromatic rings. The third-order valence-corrected chi connectivity index (χ3v) is 6.40. The minimum atomic E-state index is -3.60. The van der Waals surface area contributed by atoms with Crippen LogP contribution in [0.5, 0.6) is 0 Å². The number of H-pyrrole nitrogens is 1. The zero-order valence-electron chi connectivity index (χ0n) is 15.9. The van der Waals surface area contributed by atoms with Crippen molar-refractivity contribution in [3.05, 3.63) is 82.9 Å². The van der Waals surface area contributed by atoms with Crippen LogP contribution in [0, 0.1) is 5.82 Å². The minimum Gasteiger partial charge on any atom is -0.338 e. The van der Waals surface area contributed by atoms with Gasteiger partial charge in [-0.05, 0) is 54.6 Å². The van der Waals surface area contributed by atoms with Crippen molar-refractivity contribution in [2.45, 2.75) is 4.90 Å². The first-order valence-electron chi connectivity index (χ1n) is 9.03. The van der Waals surface area contributed by atoms with E-state index in [2.05, 4.69) is 14.7 Å². The van der Waals surface area contributed by atoms with Crippen LogP contribution in [-0.2, 0) is 10.0 Å². The molecule has 30 heavy (non-hydrogen) atoms. The molecule has 0 spiro atoms. The van der Waals surface area contributed by atoms with Crippen molar-refractivity contribution in [3.63, 3.8) is 0 Å². The van der Waals surface area contributed by atoms with Gasteiger partial charge in [0, 0.05) is 5.56 Å². The molecule has 2 N–H and O–H groups in total. The molecule has 0 amide bonds. The van der Waals surface area contributed by atoms with E-state index >= 15 is 0 Å². The minimum absolute atomic E-state index is 0.0570. The van der Waals surface area contributed by atoms with Gasteiger partial charge < -0.3 is 4.98 Å². The largest absolute Gasteiger partial charge is 0.338 e. The van der Waals surface area contributed by atoms with Gasteiger partial charge in [-0.2, -0.15) is 0 Å². The number of aromatic nitrogens is 2. The van der Waals surface area contributed by atoms with Crippen molar-refractivity contribution in [1.29, 1.82) is 0 Å². The first-order chi connectivity index (χ1) is 14.4. The number of fused-ring (bicyclic) bond motifs is 1. The first kappa shape index (κ1) is 20.3. The number of sulfonamides is 1. The Kier molecular flexibility index (Phi) is 5.42. The maximum atomic E-state index is 13.3. The molecule has 152 valence electrons. The zero-order valence-corrected chi connectivity index (χ0v) is 17.4. The average molecular weight is 442 g/mol. The number of halogens is 2. The molecule has 0 bridgehead atoms. The van der Waals surface area contributed by atoms with Crippen molar-refractivity contribution in [2.75, 3.05) is 7.05 Å². The lowest BCUT2D eigenvalue weighted by atomic mass is 10.1. The van der Waals surface area contributed by atoms with Crippen molar-refractivity contribution >= 4 is 44.8 Å². The molecule has 0 aliphatic rings. The fourth-order valence-electron chi connectivity index (χ4n) is 3.12. The highest BCUT2D eigenvalue weighted by atomic mass is 35.5. The standard InChI is InChI=1S/C22H17ClFN3O2S/c1-25-30(28,29)21-5-3-2-4-16(21)15-8-10-19-20(13-15)27-22(26-19)11-7-14-6-9-18(24)17(23)12-14/h2-13,25H,1H3,(H,26,27)/b11-7+. The number of benzene rings is 3. The van der Waals surface area contributed by atoms with Gasteiger partial charge in [0.15, 0.2) is 0 Å². The fraction of sp³-hybridized carbons (Fsp3) is 0.0455. The SMILES string of the molecule is CNS(=O)(=O)c1ccccc1-c1ccc2nc(/C=C/c3ccc(F)c(Cl)c3)[nH]c2c1. The summed E-state index contributed by atoms with van der Waals surface area (Å²) < 4.78 is 40.4. The normalized spacial score (nSPS) is 12.1. The van der Waals surface area contributed by atoms with E-state index in [1.54, 1.807) is 42.5 Å². The van der Waals surface area contributed by atoms with Gasteiger partial charge in [-0.25, -0.2) is 22.5 Å². The lowest BCUT2D eigenvalue weighted by Gasteiger charge is -2.09. The van der Waals surface area contributed by atoms with Crippen LogP contribution in [0.3, 0.4) is 0 Å². The van der Waals surface area contributed by atoms with Gasteiger partial charge in [0.05, 0.1) is 21.0 Å². The van der Waals surface area contributed by atoms with Gasteiger partial charge in [-0.3, -0.25) is 0 Å². The summed E-state index contributed by atoms with van der Waals surface area (Å²) >= 11 is 5.81. The van der Waals surface area contributed by atoms with E-state index in [4.69, 9.17) is 11.6 Å². The molecule has 1 heterocycles. The summed E-state index contributed by atoms with van der Waals surface area (Å²) in [4.78, 5) is 7.92. The molecule has 0 radical (unpaired) electrons. The van der Waals surface area contributed by atoms with Gasteiger partial charge in [-0.1, -0.05) is 48.0 Å². The van der Waals surface area contributed by atoms with Crippen molar-refractivity contribution in [2.24, 2.45) is 0 Å². The quantitative estimate of drug-likeness (QED) is 0.452. The van der Waals surface area contributed by atoms with E-state index in [0.717, 1.165) is 22.2 Å². The van der Waals surface area contributed by atoms with E-state index in [-0.39, 0.29) is 9.92 Å². The van der Waals surface area contributed by atoms with Crippen LogP contribution in [0.1, 0.15) is 11.4 Å². The van der Waals surface area contributed by atoms with E-state index in [1.165, 1.54) is 19.2 Å². The molecule has 4 rings (SSSR count). The third-order valence-electron chi connectivity index (χ3n) is 4.63. The van der Waals surface area contributed by atoms with Gasteiger partial charge in [0.2, 0.25) is 10.0 Å². The number of hydrogen-bond acceptors (Lipinski definition) is 3. The molecular weight excluding hydrogens is 425 g/mol. The molecule has 1 aromatic heterocycles. The smallest absolute Gasteiger partial charge is 0.240 e. The Bertz CT molecular complexity index is 1380. The molecule has 0 saturated heterocycles. The number of rotatable bonds is 5. The van der Waals surface area contributed by atoms with E-state index in [9.17, 15) is 12.8 Å². The number of imidazole rings is 1. The Morgan fingerprint density at radius 1 is 1.07 bits per heavy atom. The molecular formula is C22H17ClFN3O2S. The summed E-state index contributed by atoms with van der Waals surface area (Å²) in [6, 6.07) is 16.8. The van der Waals surface area contributed by atoms with Crippen LogP contribution in [0.4, 0.5) is 4.39 Å². The maximum Gasteiger partial charge on any atom is 0.240 e. The maximum absolute atomic E-state index is 13.3. The highest BCUT2D eigenvalue weighted by Crippen LogP contribution is 2.29. The summed E-state index contributed by atoms with van der Waals surface area (Å²) in [5, 5.41) is 0.0570. The average Bonchev–Trinajstić information content (AvgIpc) is 3.16. The van der Waals surface area contributed by atoms with Crippen molar-refractivity contribution in [3.8, 4) is 11.1 Å². The van der Waals surface area contributed by atoms with Crippen LogP contribution >= 0.6 is 11.6 Å². The second-order valence-electron chi connectivity index (χ2n) is 6.56. The first-order valence-corrected chi connectivity index (χ1v) is 10.9. The number of aromatic amines is 1. The Morgan fingerprint density at radius 2 is 1.87 bits per heavy atom. The number of nitrogens with one attached hydrogen (secondary N) is 2. The Balaban J connectivity index is 1.70.